The van der Waals surface area contributed by atoms with Crippen LogP contribution >= 0.6 is 0 Å². The molecule has 0 aromatic heterocycles. The number of rotatable bonds is 0. The molecule has 1 aliphatic heterocycles. The maximum Gasteiger partial charge on any atom is 0.104 e. The molecule has 0 spiro atoms. The van der Waals surface area contributed by atoms with Crippen LogP contribution in [-0.2, 0) is 11.3 Å². The predicted molar refractivity (Wildman–Crippen MR) is 39.6 cm³/mol. The van der Waals surface area contributed by atoms with Crippen molar-refractivity contribution >= 4 is 16.2 Å². The molecule has 1 aliphatic rings. The third-order valence-corrected chi connectivity index (χ3v) is 2.05. The lowest BCUT2D eigenvalue weighted by atomic mass is 10.2. The van der Waals surface area contributed by atoms with Gasteiger partial charge < -0.3 is 0 Å². The van der Waals surface area contributed by atoms with Gasteiger partial charge in [0.25, 0.3) is 0 Å². The summed E-state index contributed by atoms with van der Waals surface area (Å²) in [6.45, 7) is 0.991. The van der Waals surface area contributed by atoms with E-state index in [1.54, 1.807) is 0 Å². The quantitative estimate of drug-likeness (QED) is 0.503. The molecule has 1 saturated heterocycles. The van der Waals surface area contributed by atoms with E-state index >= 15 is 0 Å². The van der Waals surface area contributed by atoms with Gasteiger partial charge in [-0.1, -0.05) is 6.42 Å². The molecule has 9 heavy (non-hydrogen) atoms. The van der Waals surface area contributed by atoms with Crippen molar-refractivity contribution < 1.29 is 4.21 Å². The molecule has 2 nitrogen and oxygen atoms in total. The normalized spacial score (nSPS) is 21.1. The van der Waals surface area contributed by atoms with Crippen molar-refractivity contribution in [2.75, 3.05) is 6.54 Å². The van der Waals surface area contributed by atoms with Crippen LogP contribution < -0.4 is 5.32 Å². The molecule has 0 bridgehead atoms. The van der Waals surface area contributed by atoms with Crippen LogP contribution in [0.25, 0.3) is 0 Å². The molecule has 0 amide bonds. The molecular formula is C6H11NOS. The minimum atomic E-state index is 0.615. The lowest BCUT2D eigenvalue weighted by molar-refractivity contribution is 0.700. The fourth-order valence-corrected chi connectivity index (χ4v) is 1.36. The van der Waals surface area contributed by atoms with E-state index in [1.165, 1.54) is 19.3 Å². The van der Waals surface area contributed by atoms with Gasteiger partial charge in [0.2, 0.25) is 0 Å². The van der Waals surface area contributed by atoms with Gasteiger partial charge in [0.05, 0.1) is 4.99 Å². The van der Waals surface area contributed by atoms with Gasteiger partial charge in [-0.05, 0) is 19.3 Å². The van der Waals surface area contributed by atoms with Crippen LogP contribution in [0.15, 0.2) is 0 Å². The van der Waals surface area contributed by atoms with E-state index in [9.17, 15) is 4.21 Å². The first-order valence-corrected chi connectivity index (χ1v) is 4.07. The van der Waals surface area contributed by atoms with Gasteiger partial charge >= 0.3 is 0 Å². The summed E-state index contributed by atoms with van der Waals surface area (Å²) in [5, 5.41) is 3.10. The standard InChI is InChI=1S/C6H11NOS/c8-9-6-4-2-1-3-5-7-6/h7H,1-5H2. The predicted octanol–water partition coefficient (Wildman–Crippen LogP) is 0.493. The first-order chi connectivity index (χ1) is 4.43. The van der Waals surface area contributed by atoms with Crippen LogP contribution in [0.1, 0.15) is 25.7 Å². The molecular weight excluding hydrogens is 134 g/mol. The van der Waals surface area contributed by atoms with Gasteiger partial charge in [0.15, 0.2) is 0 Å². The van der Waals surface area contributed by atoms with Crippen molar-refractivity contribution in [3.63, 3.8) is 0 Å². The van der Waals surface area contributed by atoms with E-state index < -0.39 is 0 Å². The second kappa shape index (κ2) is 3.80. The Morgan fingerprint density at radius 1 is 1.33 bits per heavy atom. The molecule has 52 valence electrons. The van der Waals surface area contributed by atoms with E-state index in [-0.39, 0.29) is 0 Å². The van der Waals surface area contributed by atoms with Crippen molar-refractivity contribution in [2.45, 2.75) is 25.7 Å². The zero-order valence-corrected chi connectivity index (χ0v) is 6.17. The summed E-state index contributed by atoms with van der Waals surface area (Å²) in [5.41, 5.74) is 0. The van der Waals surface area contributed by atoms with Crippen molar-refractivity contribution in [1.82, 2.24) is 5.32 Å². The van der Waals surface area contributed by atoms with Gasteiger partial charge in [0.1, 0.15) is 11.3 Å². The summed E-state index contributed by atoms with van der Waals surface area (Å²) in [7, 11) is 0. The summed E-state index contributed by atoms with van der Waals surface area (Å²) >= 11 is 0.615. The molecule has 1 N–H and O–H groups in total. The van der Waals surface area contributed by atoms with Crippen molar-refractivity contribution in [3.8, 4) is 0 Å². The highest BCUT2D eigenvalue weighted by molar-refractivity contribution is 7.66. The Labute approximate surface area is 58.7 Å². The number of hydrogen-bond donors (Lipinski definition) is 1. The van der Waals surface area contributed by atoms with Crippen molar-refractivity contribution in [2.24, 2.45) is 0 Å². The Bertz CT molecular complexity index is 130. The Kier molecular flexibility index (Phi) is 2.94. The minimum absolute atomic E-state index is 0.615. The maximum atomic E-state index is 10.3. The second-order valence-corrected chi connectivity index (χ2v) is 2.90. The first kappa shape index (κ1) is 6.96. The molecule has 1 fully saturated rings. The molecule has 0 aromatic rings. The van der Waals surface area contributed by atoms with Crippen LogP contribution in [0.4, 0.5) is 0 Å². The van der Waals surface area contributed by atoms with Gasteiger partial charge in [-0.15, -0.1) is 0 Å². The molecule has 0 aliphatic carbocycles. The van der Waals surface area contributed by atoms with E-state index in [0.717, 1.165) is 18.0 Å². The van der Waals surface area contributed by atoms with Gasteiger partial charge in [-0.2, -0.15) is 0 Å². The van der Waals surface area contributed by atoms with E-state index in [2.05, 4.69) is 5.32 Å². The minimum Gasteiger partial charge on any atom is -0.281 e. The molecule has 1 heterocycles. The maximum absolute atomic E-state index is 10.3. The number of hydrogen-bond acceptors (Lipinski definition) is 1. The third-order valence-electron chi connectivity index (χ3n) is 1.50. The van der Waals surface area contributed by atoms with Gasteiger partial charge in [-0.3, -0.25) is 5.32 Å². The molecule has 0 radical (unpaired) electrons. The largest absolute Gasteiger partial charge is 0.281 e. The highest BCUT2D eigenvalue weighted by Gasteiger charge is 2.02. The van der Waals surface area contributed by atoms with Crippen molar-refractivity contribution in [1.29, 1.82) is 0 Å². The van der Waals surface area contributed by atoms with Crippen molar-refractivity contribution in [3.05, 3.63) is 0 Å². The van der Waals surface area contributed by atoms with E-state index in [0.29, 0.717) is 11.3 Å². The Morgan fingerprint density at radius 2 is 2.22 bits per heavy atom. The van der Waals surface area contributed by atoms with Crippen LogP contribution in [0.5, 0.6) is 0 Å². The SMILES string of the molecule is O=S=C1CCCCCN1. The highest BCUT2D eigenvalue weighted by atomic mass is 32.1. The molecule has 1 rings (SSSR count). The molecule has 0 atom stereocenters. The summed E-state index contributed by atoms with van der Waals surface area (Å²) < 4.78 is 10.3. The zero-order chi connectivity index (χ0) is 6.53. The molecule has 3 heteroatoms. The Hall–Kier alpha value is -0.150. The molecule has 0 aromatic carbocycles. The number of nitrogens with one attached hydrogen (secondary N) is 1. The van der Waals surface area contributed by atoms with Crippen LogP contribution in [0.3, 0.4) is 0 Å². The average molecular weight is 145 g/mol. The summed E-state index contributed by atoms with van der Waals surface area (Å²) in [6, 6.07) is 0. The third kappa shape index (κ3) is 2.28. The Morgan fingerprint density at radius 3 is 3.00 bits per heavy atom. The monoisotopic (exact) mass is 145 g/mol. The van der Waals surface area contributed by atoms with Crippen LogP contribution in [0, 0.1) is 0 Å². The summed E-state index contributed by atoms with van der Waals surface area (Å²) in [6.07, 6.45) is 4.62. The fourth-order valence-electron chi connectivity index (χ4n) is 0.975. The Balaban J connectivity index is 2.45. The summed E-state index contributed by atoms with van der Waals surface area (Å²) in [4.78, 5) is 0.924. The van der Waals surface area contributed by atoms with Gasteiger partial charge in [0, 0.05) is 6.54 Å². The van der Waals surface area contributed by atoms with Crippen LogP contribution in [-0.4, -0.2) is 15.7 Å². The van der Waals surface area contributed by atoms with Crippen LogP contribution in [0.2, 0.25) is 0 Å². The first-order valence-electron chi connectivity index (χ1n) is 3.33. The summed E-state index contributed by atoms with van der Waals surface area (Å²) in [5.74, 6) is 0. The highest BCUT2D eigenvalue weighted by Crippen LogP contribution is 2.02. The second-order valence-electron chi connectivity index (χ2n) is 2.24. The fraction of sp³-hybridized carbons (Fsp3) is 0.833. The smallest absolute Gasteiger partial charge is 0.104 e. The average Bonchev–Trinajstić information content (AvgIpc) is 2.13. The topological polar surface area (TPSA) is 29.1 Å². The van der Waals surface area contributed by atoms with E-state index in [4.69, 9.17) is 0 Å². The lowest BCUT2D eigenvalue weighted by Gasteiger charge is -1.94. The molecule has 0 unspecified atom stereocenters. The molecule has 0 saturated carbocycles. The zero-order valence-electron chi connectivity index (χ0n) is 5.35. The van der Waals surface area contributed by atoms with Gasteiger partial charge in [-0.25, -0.2) is 4.21 Å². The lowest BCUT2D eigenvalue weighted by Crippen LogP contribution is -2.21. The van der Waals surface area contributed by atoms with E-state index in [1.807, 2.05) is 0 Å².